The van der Waals surface area contributed by atoms with E-state index in [2.05, 4.69) is 0 Å². The van der Waals surface area contributed by atoms with Crippen molar-refractivity contribution in [3.8, 4) is 5.75 Å². The van der Waals surface area contributed by atoms with E-state index in [0.29, 0.717) is 0 Å². The molecule has 1 aromatic rings. The summed E-state index contributed by atoms with van der Waals surface area (Å²) in [7, 11) is 0. The summed E-state index contributed by atoms with van der Waals surface area (Å²) in [6, 6.07) is 7.66. The van der Waals surface area contributed by atoms with Gasteiger partial charge in [0.05, 0.1) is 0 Å². The number of hydrogen-bond acceptors (Lipinski definition) is 3. The van der Waals surface area contributed by atoms with Gasteiger partial charge in [0.2, 0.25) is 0 Å². The van der Waals surface area contributed by atoms with E-state index in [1.54, 1.807) is 0 Å². The molecule has 0 aliphatic carbocycles. The van der Waals surface area contributed by atoms with E-state index >= 15 is 0 Å². The van der Waals surface area contributed by atoms with Crippen LogP contribution in [0.1, 0.15) is 44.2 Å². The molecule has 4 nitrogen and oxygen atoms in total. The van der Waals surface area contributed by atoms with E-state index < -0.39 is 0 Å². The van der Waals surface area contributed by atoms with Gasteiger partial charge in [0, 0.05) is 24.7 Å². The quantitative estimate of drug-likeness (QED) is 0.899. The molecule has 1 aliphatic heterocycles. The number of rotatable bonds is 5. The van der Waals surface area contributed by atoms with Crippen molar-refractivity contribution in [1.82, 2.24) is 4.90 Å². The Morgan fingerprint density at radius 1 is 1.30 bits per heavy atom. The average molecular weight is 276 g/mol. The van der Waals surface area contributed by atoms with E-state index in [4.69, 9.17) is 10.5 Å². The van der Waals surface area contributed by atoms with E-state index in [9.17, 15) is 4.79 Å². The number of hydrogen-bond donors (Lipinski definition) is 1. The van der Waals surface area contributed by atoms with Gasteiger partial charge in [-0.15, -0.1) is 0 Å². The van der Waals surface area contributed by atoms with Crippen molar-refractivity contribution in [1.29, 1.82) is 0 Å². The molecule has 1 amide bonds. The van der Waals surface area contributed by atoms with Crippen molar-refractivity contribution in [2.24, 2.45) is 5.73 Å². The minimum atomic E-state index is -0.0451. The summed E-state index contributed by atoms with van der Waals surface area (Å²) in [6.07, 6.45) is 4.27. The van der Waals surface area contributed by atoms with Crippen LogP contribution < -0.4 is 10.5 Å². The van der Waals surface area contributed by atoms with Crippen LogP contribution in [0.3, 0.4) is 0 Å². The molecular formula is C16H24N2O2. The number of piperidine rings is 1. The molecule has 1 saturated heterocycles. The third-order valence-electron chi connectivity index (χ3n) is 3.82. The summed E-state index contributed by atoms with van der Waals surface area (Å²) in [4.78, 5) is 14.0. The van der Waals surface area contributed by atoms with Gasteiger partial charge in [0.1, 0.15) is 5.75 Å². The molecule has 1 aliphatic rings. The van der Waals surface area contributed by atoms with Crippen LogP contribution >= 0.6 is 0 Å². The molecule has 1 fully saturated rings. The predicted molar refractivity (Wildman–Crippen MR) is 79.6 cm³/mol. The Kier molecular flexibility index (Phi) is 5.41. The zero-order valence-electron chi connectivity index (χ0n) is 12.2. The number of ether oxygens (including phenoxy) is 1. The van der Waals surface area contributed by atoms with Crippen molar-refractivity contribution < 1.29 is 9.53 Å². The minimum absolute atomic E-state index is 0.0451. The van der Waals surface area contributed by atoms with Crippen LogP contribution in [0.4, 0.5) is 0 Å². The average Bonchev–Trinajstić information content (AvgIpc) is 2.53. The van der Waals surface area contributed by atoms with Crippen molar-refractivity contribution >= 4 is 5.91 Å². The Labute approximate surface area is 120 Å². The number of carbonyl (C=O) groups excluding carboxylic acids is 1. The van der Waals surface area contributed by atoms with Crippen LogP contribution in [0.5, 0.6) is 5.75 Å². The van der Waals surface area contributed by atoms with Crippen molar-refractivity contribution in [2.45, 2.75) is 38.6 Å². The van der Waals surface area contributed by atoms with Crippen molar-refractivity contribution in [3.63, 3.8) is 0 Å². The maximum absolute atomic E-state index is 12.1. The van der Waals surface area contributed by atoms with Gasteiger partial charge in [-0.1, -0.05) is 25.1 Å². The highest BCUT2D eigenvalue weighted by atomic mass is 16.5. The van der Waals surface area contributed by atoms with Crippen LogP contribution in [-0.2, 0) is 4.79 Å². The van der Waals surface area contributed by atoms with Gasteiger partial charge in [-0.3, -0.25) is 4.79 Å². The highest BCUT2D eigenvalue weighted by Crippen LogP contribution is 2.25. The fraction of sp³-hybridized carbons (Fsp3) is 0.562. The fourth-order valence-electron chi connectivity index (χ4n) is 2.51. The van der Waals surface area contributed by atoms with E-state index in [0.717, 1.165) is 43.7 Å². The predicted octanol–water partition coefficient (Wildman–Crippen LogP) is 2.49. The van der Waals surface area contributed by atoms with Gasteiger partial charge in [0.15, 0.2) is 6.61 Å². The minimum Gasteiger partial charge on any atom is -0.483 e. The molecule has 2 rings (SSSR count). The topological polar surface area (TPSA) is 55.6 Å². The van der Waals surface area contributed by atoms with Gasteiger partial charge < -0.3 is 15.4 Å². The summed E-state index contributed by atoms with van der Waals surface area (Å²) in [6.45, 7) is 3.87. The van der Waals surface area contributed by atoms with Crippen LogP contribution in [0.15, 0.2) is 24.3 Å². The molecule has 20 heavy (non-hydrogen) atoms. The molecule has 1 heterocycles. The molecule has 2 N–H and O–H groups in total. The zero-order valence-corrected chi connectivity index (χ0v) is 12.2. The van der Waals surface area contributed by atoms with Gasteiger partial charge in [-0.2, -0.15) is 0 Å². The highest BCUT2D eigenvalue weighted by Gasteiger charge is 2.18. The molecule has 1 atom stereocenters. The Morgan fingerprint density at radius 3 is 2.70 bits per heavy atom. The van der Waals surface area contributed by atoms with Crippen LogP contribution in [-0.4, -0.2) is 30.5 Å². The van der Waals surface area contributed by atoms with Crippen LogP contribution in [0.25, 0.3) is 0 Å². The molecule has 0 radical (unpaired) electrons. The van der Waals surface area contributed by atoms with Crippen molar-refractivity contribution in [2.75, 3.05) is 19.7 Å². The molecule has 0 bridgehead atoms. The van der Waals surface area contributed by atoms with E-state index in [1.165, 1.54) is 6.42 Å². The molecular weight excluding hydrogens is 252 g/mol. The second-order valence-corrected chi connectivity index (χ2v) is 5.28. The third-order valence-corrected chi connectivity index (χ3v) is 3.82. The summed E-state index contributed by atoms with van der Waals surface area (Å²) in [5.41, 5.74) is 7.04. The van der Waals surface area contributed by atoms with Gasteiger partial charge in [-0.25, -0.2) is 0 Å². The summed E-state index contributed by atoms with van der Waals surface area (Å²) < 4.78 is 5.70. The number of likely N-dealkylation sites (tertiary alicyclic amines) is 1. The lowest BCUT2D eigenvalue weighted by Gasteiger charge is -2.26. The lowest BCUT2D eigenvalue weighted by atomic mass is 10.0. The normalized spacial score (nSPS) is 16.8. The largest absolute Gasteiger partial charge is 0.483 e. The second-order valence-electron chi connectivity index (χ2n) is 5.28. The van der Waals surface area contributed by atoms with Gasteiger partial charge >= 0.3 is 0 Å². The summed E-state index contributed by atoms with van der Waals surface area (Å²) >= 11 is 0. The molecule has 0 spiro atoms. The maximum atomic E-state index is 12.1. The van der Waals surface area contributed by atoms with Crippen molar-refractivity contribution in [3.05, 3.63) is 29.8 Å². The van der Waals surface area contributed by atoms with Gasteiger partial charge in [0.25, 0.3) is 5.91 Å². The molecule has 4 heteroatoms. The lowest BCUT2D eigenvalue weighted by molar-refractivity contribution is -0.134. The number of benzene rings is 1. The van der Waals surface area contributed by atoms with Gasteiger partial charge in [-0.05, 0) is 31.7 Å². The van der Waals surface area contributed by atoms with E-state index in [1.807, 2.05) is 36.1 Å². The molecule has 0 saturated carbocycles. The Morgan fingerprint density at radius 2 is 2.00 bits per heavy atom. The number of nitrogens with two attached hydrogens (primary N) is 1. The summed E-state index contributed by atoms with van der Waals surface area (Å²) in [5, 5.41) is 0. The summed E-state index contributed by atoms with van der Waals surface area (Å²) in [5.74, 6) is 0.803. The SMILES string of the molecule is CC[C@H](N)c1ccccc1OCC(=O)N1CCCCC1. The highest BCUT2D eigenvalue weighted by molar-refractivity contribution is 5.77. The third kappa shape index (κ3) is 3.73. The zero-order chi connectivity index (χ0) is 14.4. The number of carbonyl (C=O) groups is 1. The standard InChI is InChI=1S/C16H24N2O2/c1-2-14(17)13-8-4-5-9-15(13)20-12-16(19)18-10-6-3-7-11-18/h4-5,8-9,14H,2-3,6-7,10-12,17H2,1H3/t14-/m0/s1. The molecule has 0 unspecified atom stereocenters. The first-order valence-corrected chi connectivity index (χ1v) is 7.47. The Hall–Kier alpha value is -1.55. The number of para-hydroxylation sites is 1. The number of amides is 1. The molecule has 0 aromatic heterocycles. The second kappa shape index (κ2) is 7.29. The Balaban J connectivity index is 1.94. The molecule has 110 valence electrons. The first-order chi connectivity index (χ1) is 9.72. The number of nitrogens with zero attached hydrogens (tertiary/aromatic N) is 1. The monoisotopic (exact) mass is 276 g/mol. The Bertz CT molecular complexity index is 442. The molecule has 1 aromatic carbocycles. The fourth-order valence-corrected chi connectivity index (χ4v) is 2.51. The van der Waals surface area contributed by atoms with Crippen LogP contribution in [0, 0.1) is 0 Å². The maximum Gasteiger partial charge on any atom is 0.260 e. The van der Waals surface area contributed by atoms with Crippen LogP contribution in [0.2, 0.25) is 0 Å². The first-order valence-electron chi connectivity index (χ1n) is 7.47. The smallest absolute Gasteiger partial charge is 0.260 e. The van der Waals surface area contributed by atoms with E-state index in [-0.39, 0.29) is 18.6 Å². The lowest BCUT2D eigenvalue weighted by Crippen LogP contribution is -2.38. The first kappa shape index (κ1) is 14.9.